The number of thioether (sulfide) groups is 1. The Bertz CT molecular complexity index is 439. The van der Waals surface area contributed by atoms with E-state index in [4.69, 9.17) is 0 Å². The van der Waals surface area contributed by atoms with E-state index in [0.717, 1.165) is 24.7 Å². The summed E-state index contributed by atoms with van der Waals surface area (Å²) in [7, 11) is 0. The molecule has 2 heterocycles. The van der Waals surface area contributed by atoms with Crippen LogP contribution in [-0.2, 0) is 9.59 Å². The molecule has 2 N–H and O–H groups in total. The minimum absolute atomic E-state index is 0.138. The largest absolute Gasteiger partial charge is 0.356 e. The minimum atomic E-state index is -0.227. The summed E-state index contributed by atoms with van der Waals surface area (Å²) in [6.07, 6.45) is 1.76. The van der Waals surface area contributed by atoms with E-state index in [1.54, 1.807) is 0 Å². The van der Waals surface area contributed by atoms with Crippen LogP contribution in [0, 0.1) is 16.7 Å². The fraction of sp³-hybridized carbons (Fsp3) is 0.812. The van der Waals surface area contributed by atoms with Crippen LogP contribution in [0.5, 0.6) is 0 Å². The Balaban J connectivity index is 0.000000220. The van der Waals surface area contributed by atoms with E-state index in [9.17, 15) is 14.4 Å². The van der Waals surface area contributed by atoms with E-state index in [0.29, 0.717) is 17.8 Å². The molecule has 0 spiro atoms. The second-order valence-corrected chi connectivity index (χ2v) is 9.12. The Morgan fingerprint density at radius 3 is 1.86 bits per heavy atom. The average molecular weight is 328 g/mol. The molecule has 0 aliphatic carbocycles. The Morgan fingerprint density at radius 1 is 1.00 bits per heavy atom. The molecule has 3 amide bonds. The Hall–Kier alpha value is -1.04. The predicted octanol–water partition coefficient (Wildman–Crippen LogP) is 2.94. The first-order chi connectivity index (χ1) is 9.91. The number of rotatable bonds is 0. The highest BCUT2D eigenvalue weighted by molar-refractivity contribution is 8.15. The van der Waals surface area contributed by atoms with Crippen LogP contribution in [0.1, 0.15) is 54.4 Å². The molecule has 2 fully saturated rings. The fourth-order valence-electron chi connectivity index (χ4n) is 2.40. The van der Waals surface area contributed by atoms with Crippen molar-refractivity contribution in [2.45, 2.75) is 59.6 Å². The van der Waals surface area contributed by atoms with Crippen LogP contribution in [-0.4, -0.2) is 28.8 Å². The van der Waals surface area contributed by atoms with Gasteiger partial charge < -0.3 is 5.32 Å². The second kappa shape index (κ2) is 7.02. The first-order valence-corrected chi connectivity index (χ1v) is 8.57. The highest BCUT2D eigenvalue weighted by atomic mass is 32.2. The number of hydrogen-bond donors (Lipinski definition) is 2. The van der Waals surface area contributed by atoms with E-state index in [1.165, 1.54) is 0 Å². The number of carbonyl (C=O) groups is 3. The third-order valence-electron chi connectivity index (χ3n) is 3.97. The topological polar surface area (TPSA) is 75.3 Å². The number of nitrogens with one attached hydrogen (secondary N) is 2. The van der Waals surface area contributed by atoms with Gasteiger partial charge in [-0.1, -0.05) is 53.3 Å². The number of hydrogen-bond acceptors (Lipinski definition) is 4. The van der Waals surface area contributed by atoms with Gasteiger partial charge in [-0.25, -0.2) is 0 Å². The molecule has 2 rings (SSSR count). The van der Waals surface area contributed by atoms with Crippen molar-refractivity contribution in [3.8, 4) is 0 Å². The van der Waals surface area contributed by atoms with Gasteiger partial charge in [0, 0.05) is 13.0 Å². The lowest BCUT2D eigenvalue weighted by atomic mass is 9.77. The van der Waals surface area contributed by atoms with Crippen LogP contribution in [0.4, 0.5) is 4.79 Å². The van der Waals surface area contributed by atoms with Crippen molar-refractivity contribution in [2.75, 3.05) is 6.54 Å². The smallest absolute Gasteiger partial charge is 0.286 e. The zero-order valence-electron chi connectivity index (χ0n) is 14.4. The molecule has 2 saturated heterocycles. The van der Waals surface area contributed by atoms with Crippen molar-refractivity contribution >= 4 is 28.8 Å². The minimum Gasteiger partial charge on any atom is -0.356 e. The van der Waals surface area contributed by atoms with E-state index in [1.807, 2.05) is 20.8 Å². The molecule has 0 aromatic heterocycles. The first-order valence-electron chi connectivity index (χ1n) is 7.69. The summed E-state index contributed by atoms with van der Waals surface area (Å²) in [5.74, 6) is 0.707. The maximum absolute atomic E-state index is 11.1. The first kappa shape index (κ1) is 19.0. The van der Waals surface area contributed by atoms with Crippen LogP contribution in [0.2, 0.25) is 0 Å². The lowest BCUT2D eigenvalue weighted by molar-refractivity contribution is -0.123. The normalized spacial score (nSPS) is 26.0. The average Bonchev–Trinajstić information content (AvgIpc) is 2.68. The SMILES string of the molecule is CC(C)(C)C1CCC(=O)NC1.CC(C)(C)C1SC(=O)NC1=O. The van der Waals surface area contributed by atoms with Gasteiger partial charge in [0.05, 0.1) is 5.25 Å². The third-order valence-corrected chi connectivity index (χ3v) is 5.44. The summed E-state index contributed by atoms with van der Waals surface area (Å²) in [5, 5.41) is 4.70. The summed E-state index contributed by atoms with van der Waals surface area (Å²) >= 11 is 1.08. The molecule has 126 valence electrons. The Morgan fingerprint density at radius 2 is 1.59 bits per heavy atom. The van der Waals surface area contributed by atoms with Crippen molar-refractivity contribution in [3.05, 3.63) is 0 Å². The van der Waals surface area contributed by atoms with Gasteiger partial charge in [0.25, 0.3) is 5.24 Å². The highest BCUT2D eigenvalue weighted by Crippen LogP contribution is 2.34. The maximum Gasteiger partial charge on any atom is 0.286 e. The second-order valence-electron chi connectivity index (χ2n) is 8.05. The van der Waals surface area contributed by atoms with Gasteiger partial charge in [-0.15, -0.1) is 0 Å². The van der Waals surface area contributed by atoms with Crippen molar-refractivity contribution in [1.29, 1.82) is 0 Å². The molecule has 0 saturated carbocycles. The molecule has 2 aliphatic rings. The van der Waals surface area contributed by atoms with Gasteiger partial charge in [0.1, 0.15) is 0 Å². The standard InChI is InChI=1S/C9H17NO.C7H11NO2S/c1-9(2,3)7-4-5-8(11)10-6-7;1-7(2,3)4-5(9)8-6(10)11-4/h7H,4-6H2,1-3H3,(H,10,11);4H,1-3H3,(H,8,9,10). The molecule has 5 nitrogen and oxygen atoms in total. The molecule has 6 heteroatoms. The third kappa shape index (κ3) is 5.63. The van der Waals surface area contributed by atoms with E-state index >= 15 is 0 Å². The highest BCUT2D eigenvalue weighted by Gasteiger charge is 2.39. The lowest BCUT2D eigenvalue weighted by Gasteiger charge is -2.33. The Kier molecular flexibility index (Phi) is 6.07. The molecule has 0 radical (unpaired) electrons. The van der Waals surface area contributed by atoms with Gasteiger partial charge in [0.15, 0.2) is 0 Å². The van der Waals surface area contributed by atoms with Crippen molar-refractivity contribution in [3.63, 3.8) is 0 Å². The quantitative estimate of drug-likeness (QED) is 0.717. The zero-order valence-corrected chi connectivity index (χ0v) is 15.2. The van der Waals surface area contributed by atoms with Crippen molar-refractivity contribution in [2.24, 2.45) is 16.7 Å². The van der Waals surface area contributed by atoms with Crippen LogP contribution in [0.15, 0.2) is 0 Å². The Labute approximate surface area is 137 Å². The molecule has 0 bridgehead atoms. The van der Waals surface area contributed by atoms with Crippen LogP contribution in [0.25, 0.3) is 0 Å². The molecule has 0 aromatic rings. The van der Waals surface area contributed by atoms with Crippen LogP contribution >= 0.6 is 11.8 Å². The number of amides is 3. The van der Waals surface area contributed by atoms with Crippen LogP contribution in [0.3, 0.4) is 0 Å². The van der Waals surface area contributed by atoms with E-state index < -0.39 is 0 Å². The number of carbonyl (C=O) groups excluding carboxylic acids is 3. The fourth-order valence-corrected chi connectivity index (χ4v) is 3.29. The van der Waals surface area contributed by atoms with Gasteiger partial charge in [-0.05, 0) is 23.2 Å². The van der Waals surface area contributed by atoms with Crippen molar-refractivity contribution < 1.29 is 14.4 Å². The van der Waals surface area contributed by atoms with Gasteiger partial charge in [-0.3, -0.25) is 19.7 Å². The molecule has 22 heavy (non-hydrogen) atoms. The van der Waals surface area contributed by atoms with Gasteiger partial charge in [0.2, 0.25) is 11.8 Å². The van der Waals surface area contributed by atoms with Gasteiger partial charge >= 0.3 is 0 Å². The zero-order chi connectivity index (χ0) is 17.1. The number of imide groups is 1. The summed E-state index contributed by atoms with van der Waals surface area (Å²) < 4.78 is 0. The lowest BCUT2D eigenvalue weighted by Crippen LogP contribution is -2.40. The summed E-state index contributed by atoms with van der Waals surface area (Å²) in [6.45, 7) is 13.4. The van der Waals surface area contributed by atoms with Crippen molar-refractivity contribution in [1.82, 2.24) is 10.6 Å². The van der Waals surface area contributed by atoms with E-state index in [-0.39, 0.29) is 27.7 Å². The molecule has 2 atom stereocenters. The molecule has 0 aromatic carbocycles. The summed E-state index contributed by atoms with van der Waals surface area (Å²) in [4.78, 5) is 32.6. The van der Waals surface area contributed by atoms with Crippen LogP contribution < -0.4 is 10.6 Å². The molecular weight excluding hydrogens is 300 g/mol. The monoisotopic (exact) mass is 328 g/mol. The van der Waals surface area contributed by atoms with E-state index in [2.05, 4.69) is 31.4 Å². The van der Waals surface area contributed by atoms with Gasteiger partial charge in [-0.2, -0.15) is 0 Å². The predicted molar refractivity (Wildman–Crippen MR) is 89.6 cm³/mol. The summed E-state index contributed by atoms with van der Waals surface area (Å²) in [5.41, 5.74) is 0.203. The molecule has 2 unspecified atom stereocenters. The molecular formula is C16H28N2O3S. The maximum atomic E-state index is 11.1. The number of piperidine rings is 1. The molecule has 2 aliphatic heterocycles. The summed E-state index contributed by atoms with van der Waals surface area (Å²) in [6, 6.07) is 0.